The van der Waals surface area contributed by atoms with E-state index in [0.29, 0.717) is 6.54 Å². The maximum absolute atomic E-state index is 11.4. The second-order valence-electron chi connectivity index (χ2n) is 3.87. The molecule has 0 aliphatic heterocycles. The molecule has 0 bridgehead atoms. The summed E-state index contributed by atoms with van der Waals surface area (Å²) in [6, 6.07) is 7.68. The number of halogens is 1. The van der Waals surface area contributed by atoms with Gasteiger partial charge in [-0.15, -0.1) is 0 Å². The van der Waals surface area contributed by atoms with Crippen LogP contribution in [0.5, 0.6) is 5.75 Å². The highest BCUT2D eigenvalue weighted by atomic mass is 79.9. The summed E-state index contributed by atoms with van der Waals surface area (Å²) in [4.78, 5) is 13.0. The summed E-state index contributed by atoms with van der Waals surface area (Å²) in [7, 11) is 3.33. The number of nitrogens with zero attached hydrogens (tertiary/aromatic N) is 2. The van der Waals surface area contributed by atoms with E-state index in [2.05, 4.69) is 15.9 Å². The highest BCUT2D eigenvalue weighted by molar-refractivity contribution is 9.10. The van der Waals surface area contributed by atoms with E-state index in [4.69, 9.17) is 10.00 Å². The number of benzene rings is 1. The van der Waals surface area contributed by atoms with Crippen LogP contribution in [0.4, 0.5) is 0 Å². The zero-order valence-electron chi connectivity index (χ0n) is 10.4. The van der Waals surface area contributed by atoms with Gasteiger partial charge in [0.25, 0.3) is 0 Å². The van der Waals surface area contributed by atoms with Crippen LogP contribution in [0.25, 0.3) is 0 Å². The number of methoxy groups -OCH3 is 1. The molecule has 1 aromatic rings. The average molecular weight is 311 g/mol. The van der Waals surface area contributed by atoms with Crippen molar-refractivity contribution < 1.29 is 9.53 Å². The molecule has 0 aliphatic rings. The van der Waals surface area contributed by atoms with Crippen LogP contribution in [-0.2, 0) is 11.2 Å². The first-order chi connectivity index (χ1) is 8.58. The monoisotopic (exact) mass is 310 g/mol. The minimum Gasteiger partial charge on any atom is -0.496 e. The van der Waals surface area contributed by atoms with Gasteiger partial charge >= 0.3 is 0 Å². The molecule has 0 radical (unpaired) electrons. The Morgan fingerprint density at radius 1 is 1.56 bits per heavy atom. The third-order valence-corrected chi connectivity index (χ3v) is 3.23. The number of likely N-dealkylation sites (N-methyl/N-ethyl adjacent to an activating group) is 1. The molecule has 18 heavy (non-hydrogen) atoms. The summed E-state index contributed by atoms with van der Waals surface area (Å²) < 4.78 is 6.05. The van der Waals surface area contributed by atoms with Crippen LogP contribution in [0.2, 0.25) is 0 Å². The second-order valence-corrected chi connectivity index (χ2v) is 4.72. The maximum atomic E-state index is 11.4. The SMILES string of the molecule is COc1ccc(CCN(C)C(=O)CC#N)cc1Br. The zero-order valence-corrected chi connectivity index (χ0v) is 12.0. The topological polar surface area (TPSA) is 53.3 Å². The van der Waals surface area contributed by atoms with Crippen molar-refractivity contribution in [3.8, 4) is 11.8 Å². The van der Waals surface area contributed by atoms with Crippen molar-refractivity contribution in [1.82, 2.24) is 4.90 Å². The number of amides is 1. The van der Waals surface area contributed by atoms with Gasteiger partial charge in [-0.25, -0.2) is 0 Å². The molecule has 5 heteroatoms. The summed E-state index contributed by atoms with van der Waals surface area (Å²) in [5.41, 5.74) is 1.11. The minimum absolute atomic E-state index is 0.0667. The summed E-state index contributed by atoms with van der Waals surface area (Å²) >= 11 is 3.42. The molecule has 0 saturated heterocycles. The molecular weight excluding hydrogens is 296 g/mol. The van der Waals surface area contributed by atoms with E-state index in [0.717, 1.165) is 22.2 Å². The lowest BCUT2D eigenvalue weighted by Crippen LogP contribution is -2.28. The Bertz CT molecular complexity index is 469. The molecule has 0 atom stereocenters. The molecule has 0 N–H and O–H groups in total. The lowest BCUT2D eigenvalue weighted by molar-refractivity contribution is -0.128. The first-order valence-electron chi connectivity index (χ1n) is 5.51. The van der Waals surface area contributed by atoms with E-state index in [-0.39, 0.29) is 12.3 Å². The molecule has 0 spiro atoms. The quantitative estimate of drug-likeness (QED) is 0.839. The Balaban J connectivity index is 2.56. The Morgan fingerprint density at radius 2 is 2.28 bits per heavy atom. The number of nitriles is 1. The van der Waals surface area contributed by atoms with Crippen molar-refractivity contribution in [1.29, 1.82) is 5.26 Å². The highest BCUT2D eigenvalue weighted by Crippen LogP contribution is 2.25. The van der Waals surface area contributed by atoms with Crippen LogP contribution >= 0.6 is 15.9 Å². The number of hydrogen-bond acceptors (Lipinski definition) is 3. The number of rotatable bonds is 5. The van der Waals surface area contributed by atoms with Crippen LogP contribution in [0, 0.1) is 11.3 Å². The number of carbonyl (C=O) groups excluding carboxylic acids is 1. The molecule has 0 aliphatic carbocycles. The molecule has 0 unspecified atom stereocenters. The lowest BCUT2D eigenvalue weighted by Gasteiger charge is -2.15. The van der Waals surface area contributed by atoms with Gasteiger partial charge in [0.15, 0.2) is 0 Å². The van der Waals surface area contributed by atoms with Gasteiger partial charge < -0.3 is 9.64 Å². The van der Waals surface area contributed by atoms with Gasteiger partial charge in [0.2, 0.25) is 5.91 Å². The van der Waals surface area contributed by atoms with Crippen LogP contribution in [0.15, 0.2) is 22.7 Å². The van der Waals surface area contributed by atoms with Crippen LogP contribution < -0.4 is 4.74 Å². The highest BCUT2D eigenvalue weighted by Gasteiger charge is 2.08. The lowest BCUT2D eigenvalue weighted by atomic mass is 10.1. The van der Waals surface area contributed by atoms with Crippen molar-refractivity contribution in [2.45, 2.75) is 12.8 Å². The van der Waals surface area contributed by atoms with Gasteiger partial charge in [0, 0.05) is 13.6 Å². The molecule has 0 fully saturated rings. The fourth-order valence-corrected chi connectivity index (χ4v) is 2.08. The third-order valence-electron chi connectivity index (χ3n) is 2.61. The molecule has 4 nitrogen and oxygen atoms in total. The number of carbonyl (C=O) groups is 1. The van der Waals surface area contributed by atoms with Crippen molar-refractivity contribution >= 4 is 21.8 Å². The standard InChI is InChI=1S/C13H15BrN2O2/c1-16(13(17)5-7-15)8-6-10-3-4-12(18-2)11(14)9-10/h3-4,9H,5-6,8H2,1-2H3. The molecule has 1 aromatic carbocycles. The van der Waals surface area contributed by atoms with Gasteiger partial charge in [0.1, 0.15) is 12.2 Å². The maximum Gasteiger partial charge on any atom is 0.236 e. The Kier molecular flexibility index (Phi) is 5.66. The molecule has 1 amide bonds. The Morgan fingerprint density at radius 3 is 2.83 bits per heavy atom. The van der Waals surface area contributed by atoms with Gasteiger partial charge in [-0.05, 0) is 40.0 Å². The van der Waals surface area contributed by atoms with E-state index in [1.807, 2.05) is 24.3 Å². The number of hydrogen-bond donors (Lipinski definition) is 0. The minimum atomic E-state index is -0.148. The van der Waals surface area contributed by atoms with E-state index < -0.39 is 0 Å². The fraction of sp³-hybridized carbons (Fsp3) is 0.385. The van der Waals surface area contributed by atoms with Gasteiger partial charge in [0.05, 0.1) is 17.7 Å². The summed E-state index contributed by atoms with van der Waals surface area (Å²) in [6.45, 7) is 0.597. The molecule has 96 valence electrons. The molecule has 0 heterocycles. The Labute approximate surface area is 115 Å². The van der Waals surface area contributed by atoms with Crippen LogP contribution in [-0.4, -0.2) is 31.5 Å². The fourth-order valence-electron chi connectivity index (χ4n) is 1.49. The molecule has 1 rings (SSSR count). The van der Waals surface area contributed by atoms with E-state index in [9.17, 15) is 4.79 Å². The molecule has 0 saturated carbocycles. The van der Waals surface area contributed by atoms with Crippen molar-refractivity contribution in [2.24, 2.45) is 0 Å². The van der Waals surface area contributed by atoms with Crippen molar-refractivity contribution in [2.75, 3.05) is 20.7 Å². The first kappa shape index (κ1) is 14.5. The van der Waals surface area contributed by atoms with Crippen LogP contribution in [0.1, 0.15) is 12.0 Å². The normalized spacial score (nSPS) is 9.67. The molecular formula is C13H15BrN2O2. The van der Waals surface area contributed by atoms with Gasteiger partial charge in [-0.3, -0.25) is 4.79 Å². The smallest absolute Gasteiger partial charge is 0.236 e. The predicted octanol–water partition coefficient (Wildman–Crippen LogP) is 2.37. The van der Waals surface area contributed by atoms with E-state index in [1.54, 1.807) is 19.1 Å². The summed E-state index contributed by atoms with van der Waals surface area (Å²) in [5.74, 6) is 0.637. The largest absolute Gasteiger partial charge is 0.496 e. The second kappa shape index (κ2) is 7.02. The number of ether oxygens (including phenoxy) is 1. The summed E-state index contributed by atoms with van der Waals surface area (Å²) in [5, 5.41) is 8.45. The first-order valence-corrected chi connectivity index (χ1v) is 6.31. The third kappa shape index (κ3) is 4.04. The summed E-state index contributed by atoms with van der Waals surface area (Å²) in [6.07, 6.45) is 0.680. The molecule has 0 aromatic heterocycles. The van der Waals surface area contributed by atoms with Crippen molar-refractivity contribution in [3.63, 3.8) is 0 Å². The predicted molar refractivity (Wildman–Crippen MR) is 72.3 cm³/mol. The zero-order chi connectivity index (χ0) is 13.5. The average Bonchev–Trinajstić information content (AvgIpc) is 2.36. The van der Waals surface area contributed by atoms with E-state index in [1.165, 1.54) is 0 Å². The van der Waals surface area contributed by atoms with E-state index >= 15 is 0 Å². The Hall–Kier alpha value is -1.54. The van der Waals surface area contributed by atoms with Crippen LogP contribution in [0.3, 0.4) is 0 Å². The van der Waals surface area contributed by atoms with Gasteiger partial charge in [-0.2, -0.15) is 5.26 Å². The van der Waals surface area contributed by atoms with Crippen molar-refractivity contribution in [3.05, 3.63) is 28.2 Å². The van der Waals surface area contributed by atoms with Gasteiger partial charge in [-0.1, -0.05) is 6.07 Å².